The van der Waals surface area contributed by atoms with Crippen LogP contribution in [0.25, 0.3) is 0 Å². The van der Waals surface area contributed by atoms with Crippen LogP contribution in [-0.2, 0) is 25.5 Å². The van der Waals surface area contributed by atoms with Crippen molar-refractivity contribution in [3.8, 4) is 0 Å². The number of nitro benzene ring substituents is 1. The fourth-order valence-electron chi connectivity index (χ4n) is 2.89. The van der Waals surface area contributed by atoms with Gasteiger partial charge in [0, 0.05) is 24.2 Å². The fourth-order valence-corrected chi connectivity index (χ4v) is 2.89. The average Bonchev–Trinajstić information content (AvgIpc) is 2.63. The number of carbonyl (C=O) groups excluding carboxylic acids is 3. The number of nitro groups is 1. The monoisotopic (exact) mass is 393 g/mol. The molecule has 1 rings (SSSR count). The van der Waals surface area contributed by atoms with Crippen molar-refractivity contribution in [2.45, 2.75) is 58.7 Å². The van der Waals surface area contributed by atoms with Gasteiger partial charge in [-0.1, -0.05) is 12.1 Å². The number of rotatable bonds is 8. The van der Waals surface area contributed by atoms with Gasteiger partial charge in [-0.3, -0.25) is 19.7 Å². The average molecular weight is 393 g/mol. The van der Waals surface area contributed by atoms with Gasteiger partial charge in [0.1, 0.15) is 6.04 Å². The van der Waals surface area contributed by atoms with Gasteiger partial charge < -0.3 is 15.0 Å². The lowest BCUT2D eigenvalue weighted by molar-refractivity contribution is -0.384. The van der Waals surface area contributed by atoms with E-state index in [2.05, 4.69) is 5.32 Å². The first-order valence-corrected chi connectivity index (χ1v) is 9.02. The number of amides is 2. The van der Waals surface area contributed by atoms with Crippen molar-refractivity contribution in [2.24, 2.45) is 0 Å². The van der Waals surface area contributed by atoms with Crippen LogP contribution in [0.2, 0.25) is 0 Å². The van der Waals surface area contributed by atoms with E-state index in [0.717, 1.165) is 5.56 Å². The molecule has 1 atom stereocenters. The molecule has 0 radical (unpaired) electrons. The van der Waals surface area contributed by atoms with Crippen molar-refractivity contribution in [3.63, 3.8) is 0 Å². The van der Waals surface area contributed by atoms with E-state index >= 15 is 0 Å². The van der Waals surface area contributed by atoms with E-state index in [9.17, 15) is 24.5 Å². The Hall–Kier alpha value is -2.97. The zero-order chi connectivity index (χ0) is 21.4. The number of aryl methyl sites for hydroxylation is 1. The maximum Gasteiger partial charge on any atom is 0.328 e. The number of nitrogens with one attached hydrogen (secondary N) is 1. The quantitative estimate of drug-likeness (QED) is 0.311. The Morgan fingerprint density at radius 3 is 2.07 bits per heavy atom. The molecule has 154 valence electrons. The summed E-state index contributed by atoms with van der Waals surface area (Å²) in [5, 5.41) is 13.1. The maximum absolute atomic E-state index is 12.4. The Labute approximate surface area is 164 Å². The molecule has 0 heterocycles. The largest absolute Gasteiger partial charge is 0.467 e. The van der Waals surface area contributed by atoms with Gasteiger partial charge in [0.15, 0.2) is 0 Å². The van der Waals surface area contributed by atoms with E-state index < -0.39 is 28.7 Å². The van der Waals surface area contributed by atoms with Crippen molar-refractivity contribution >= 4 is 23.5 Å². The van der Waals surface area contributed by atoms with Gasteiger partial charge in [-0.2, -0.15) is 0 Å². The van der Waals surface area contributed by atoms with Crippen LogP contribution in [0.15, 0.2) is 24.3 Å². The highest BCUT2D eigenvalue weighted by atomic mass is 16.6. The molecule has 1 aromatic rings. The lowest BCUT2D eigenvalue weighted by Crippen LogP contribution is -2.53. The molecule has 2 amide bonds. The summed E-state index contributed by atoms with van der Waals surface area (Å²) in [6.07, 6.45) is 0.553. The lowest BCUT2D eigenvalue weighted by atomic mass is 10.0. The van der Waals surface area contributed by atoms with Crippen LogP contribution >= 0.6 is 0 Å². The van der Waals surface area contributed by atoms with Gasteiger partial charge in [-0.05, 0) is 46.1 Å². The van der Waals surface area contributed by atoms with Crippen molar-refractivity contribution in [2.75, 3.05) is 7.11 Å². The molecule has 0 aliphatic heterocycles. The SMILES string of the molecule is COC(=O)C(CCc1ccc([N+](=O)[O-])cc1)NC(=O)C(=O)N(C(C)C)C(C)C. The molecule has 1 aromatic carbocycles. The van der Waals surface area contributed by atoms with Crippen LogP contribution < -0.4 is 5.32 Å². The first-order chi connectivity index (χ1) is 13.1. The van der Waals surface area contributed by atoms with Gasteiger partial charge in [0.05, 0.1) is 12.0 Å². The second-order valence-electron chi connectivity index (χ2n) is 6.91. The molecule has 0 bridgehead atoms. The van der Waals surface area contributed by atoms with Crippen LogP contribution in [0.1, 0.15) is 39.7 Å². The molecule has 0 aromatic heterocycles. The first-order valence-electron chi connectivity index (χ1n) is 9.02. The molecule has 1 N–H and O–H groups in total. The maximum atomic E-state index is 12.4. The Morgan fingerprint density at radius 1 is 1.11 bits per heavy atom. The summed E-state index contributed by atoms with van der Waals surface area (Å²) >= 11 is 0. The molecule has 0 spiro atoms. The smallest absolute Gasteiger partial charge is 0.328 e. The van der Waals surface area contributed by atoms with Gasteiger partial charge in [-0.25, -0.2) is 4.79 Å². The highest BCUT2D eigenvalue weighted by Crippen LogP contribution is 2.14. The van der Waals surface area contributed by atoms with E-state index in [1.54, 1.807) is 39.8 Å². The zero-order valence-electron chi connectivity index (χ0n) is 16.8. The Kier molecular flexibility index (Phi) is 8.56. The molecular weight excluding hydrogens is 366 g/mol. The molecule has 28 heavy (non-hydrogen) atoms. The molecule has 9 heteroatoms. The molecule has 0 fully saturated rings. The summed E-state index contributed by atoms with van der Waals surface area (Å²) in [6.45, 7) is 7.21. The second-order valence-corrected chi connectivity index (χ2v) is 6.91. The third kappa shape index (κ3) is 6.33. The van der Waals surface area contributed by atoms with E-state index in [0.29, 0.717) is 6.42 Å². The van der Waals surface area contributed by atoms with Crippen molar-refractivity contribution in [1.82, 2.24) is 10.2 Å². The number of ether oxygens (including phenoxy) is 1. The highest BCUT2D eigenvalue weighted by Gasteiger charge is 2.30. The normalized spacial score (nSPS) is 11.8. The van der Waals surface area contributed by atoms with Crippen LogP contribution in [-0.4, -0.2) is 52.8 Å². The lowest BCUT2D eigenvalue weighted by Gasteiger charge is -2.30. The van der Waals surface area contributed by atoms with Crippen LogP contribution in [0.4, 0.5) is 5.69 Å². The third-order valence-electron chi connectivity index (χ3n) is 4.20. The molecule has 0 saturated carbocycles. The van der Waals surface area contributed by atoms with Crippen LogP contribution in [0.3, 0.4) is 0 Å². The predicted molar refractivity (Wildman–Crippen MR) is 102 cm³/mol. The molecular formula is C19H27N3O6. The number of non-ortho nitro benzene ring substituents is 1. The summed E-state index contributed by atoms with van der Waals surface area (Å²) in [6, 6.07) is 4.56. The number of methoxy groups -OCH3 is 1. The van der Waals surface area contributed by atoms with Gasteiger partial charge in [0.25, 0.3) is 5.69 Å². The fraction of sp³-hybridized carbons (Fsp3) is 0.526. The summed E-state index contributed by atoms with van der Waals surface area (Å²) in [4.78, 5) is 48.5. The van der Waals surface area contributed by atoms with Crippen molar-refractivity contribution in [1.29, 1.82) is 0 Å². The number of hydrogen-bond donors (Lipinski definition) is 1. The summed E-state index contributed by atoms with van der Waals surface area (Å²) in [5.41, 5.74) is 0.723. The molecule has 9 nitrogen and oxygen atoms in total. The number of esters is 1. The molecule has 0 saturated heterocycles. The highest BCUT2D eigenvalue weighted by molar-refractivity contribution is 6.35. The first kappa shape index (κ1) is 23.1. The number of hydrogen-bond acceptors (Lipinski definition) is 6. The van der Waals surface area contributed by atoms with Crippen LogP contribution in [0, 0.1) is 10.1 Å². The minimum Gasteiger partial charge on any atom is -0.467 e. The standard InChI is InChI=1S/C19H27N3O6/c1-12(2)21(13(3)4)18(24)17(23)20-16(19(25)28-5)11-8-14-6-9-15(10-7-14)22(26)27/h6-7,9-10,12-13,16H,8,11H2,1-5H3,(H,20,23). The van der Waals surface area contributed by atoms with Crippen molar-refractivity contribution in [3.05, 3.63) is 39.9 Å². The Balaban J connectivity index is 2.82. The topological polar surface area (TPSA) is 119 Å². The van der Waals surface area contributed by atoms with E-state index in [4.69, 9.17) is 4.74 Å². The minimum absolute atomic E-state index is 0.0328. The van der Waals surface area contributed by atoms with E-state index in [1.807, 2.05) is 0 Å². The summed E-state index contributed by atoms with van der Waals surface area (Å²) in [5.74, 6) is -2.25. The number of carbonyl (C=O) groups is 3. The third-order valence-corrected chi connectivity index (χ3v) is 4.20. The van der Waals surface area contributed by atoms with Gasteiger partial charge >= 0.3 is 17.8 Å². The van der Waals surface area contributed by atoms with E-state index in [1.165, 1.54) is 24.1 Å². The van der Waals surface area contributed by atoms with E-state index in [-0.39, 0.29) is 24.2 Å². The molecule has 1 unspecified atom stereocenters. The Morgan fingerprint density at radius 2 is 1.64 bits per heavy atom. The Bertz CT molecular complexity index is 707. The summed E-state index contributed by atoms with van der Waals surface area (Å²) in [7, 11) is 1.20. The molecule has 0 aliphatic carbocycles. The van der Waals surface area contributed by atoms with Gasteiger partial charge in [0.2, 0.25) is 0 Å². The van der Waals surface area contributed by atoms with Crippen LogP contribution in [0.5, 0.6) is 0 Å². The zero-order valence-corrected chi connectivity index (χ0v) is 16.8. The number of nitrogens with zero attached hydrogens (tertiary/aromatic N) is 2. The minimum atomic E-state index is -1.00. The summed E-state index contributed by atoms with van der Waals surface area (Å²) < 4.78 is 4.72. The van der Waals surface area contributed by atoms with Gasteiger partial charge in [-0.15, -0.1) is 0 Å². The van der Waals surface area contributed by atoms with Crippen molar-refractivity contribution < 1.29 is 24.0 Å². The molecule has 0 aliphatic rings. The predicted octanol–water partition coefficient (Wildman–Crippen LogP) is 1.83. The second kappa shape index (κ2) is 10.4. The number of benzene rings is 1.